The van der Waals surface area contributed by atoms with Crippen molar-refractivity contribution in [1.82, 2.24) is 10.3 Å². The molecule has 6 rings (SSSR count). The summed E-state index contributed by atoms with van der Waals surface area (Å²) in [4.78, 5) is 33.9. The first-order chi connectivity index (χ1) is 20.1. The fraction of sp³-hybridized carbons (Fsp3) is 0.483. The highest BCUT2D eigenvalue weighted by Crippen LogP contribution is 2.39. The lowest BCUT2D eigenvalue weighted by Gasteiger charge is -2.41. The lowest BCUT2D eigenvalue weighted by atomic mass is 9.88. The molecule has 0 radical (unpaired) electrons. The number of aromatic nitrogens is 1. The molecule has 2 saturated heterocycles. The lowest BCUT2D eigenvalue weighted by Crippen LogP contribution is -2.46. The van der Waals surface area contributed by atoms with E-state index in [1.165, 1.54) is 18.4 Å². The zero-order valence-corrected chi connectivity index (χ0v) is 23.6. The number of alkyl halides is 3. The van der Waals surface area contributed by atoms with E-state index >= 15 is 0 Å². The number of hydrogen-bond donors (Lipinski definition) is 2. The molecule has 2 bridgehead atoms. The minimum absolute atomic E-state index is 0.164. The van der Waals surface area contributed by atoms with Crippen LogP contribution in [-0.4, -0.2) is 56.3 Å². The Morgan fingerprint density at radius 3 is 2.60 bits per heavy atom. The van der Waals surface area contributed by atoms with E-state index in [4.69, 9.17) is 14.5 Å². The number of nitrogens with one attached hydrogen (secondary N) is 2. The molecule has 3 heterocycles. The first-order valence-corrected chi connectivity index (χ1v) is 14.7. The molecular weight excluding hydrogens is 576 g/mol. The Bertz CT molecular complexity index is 1500. The third-order valence-corrected chi connectivity index (χ3v) is 9.41. The van der Waals surface area contributed by atoms with Crippen LogP contribution in [0.1, 0.15) is 41.6 Å². The molecule has 8 nitrogen and oxygen atoms in total. The van der Waals surface area contributed by atoms with E-state index in [1.807, 2.05) is 6.07 Å². The summed E-state index contributed by atoms with van der Waals surface area (Å²) in [7, 11) is 1.48. The molecule has 3 aliphatic rings. The van der Waals surface area contributed by atoms with Crippen molar-refractivity contribution in [2.45, 2.75) is 37.9 Å². The van der Waals surface area contributed by atoms with Crippen LogP contribution in [0.2, 0.25) is 0 Å². The zero-order valence-electron chi connectivity index (χ0n) is 22.8. The topological polar surface area (TPSA) is 92.8 Å². The zero-order chi connectivity index (χ0) is 29.6. The number of ether oxygens (including phenoxy) is 2. The highest BCUT2D eigenvalue weighted by molar-refractivity contribution is 7.22. The third-order valence-electron chi connectivity index (χ3n) is 8.27. The molecule has 1 aromatic heterocycles. The number of amides is 2. The van der Waals surface area contributed by atoms with Gasteiger partial charge < -0.3 is 25.0 Å². The van der Waals surface area contributed by atoms with E-state index in [1.54, 1.807) is 6.07 Å². The van der Waals surface area contributed by atoms with Crippen molar-refractivity contribution >= 4 is 44.2 Å². The summed E-state index contributed by atoms with van der Waals surface area (Å²) >= 11 is 1.43. The molecule has 2 aromatic carbocycles. The van der Waals surface area contributed by atoms with Gasteiger partial charge in [-0.15, -0.1) is 0 Å². The number of rotatable bonds is 6. The Labute approximate surface area is 243 Å². The number of piperidine rings is 1. The van der Waals surface area contributed by atoms with E-state index in [-0.39, 0.29) is 5.69 Å². The minimum Gasteiger partial charge on any atom is -0.496 e. The second-order valence-corrected chi connectivity index (χ2v) is 12.2. The maximum atomic E-state index is 13.7. The lowest BCUT2D eigenvalue weighted by molar-refractivity contribution is -0.140. The quantitative estimate of drug-likeness (QED) is 0.362. The maximum Gasteiger partial charge on any atom is 0.419 e. The van der Waals surface area contributed by atoms with Crippen molar-refractivity contribution in [1.29, 1.82) is 0 Å². The summed E-state index contributed by atoms with van der Waals surface area (Å²) in [6.45, 7) is 3.15. The van der Waals surface area contributed by atoms with E-state index < -0.39 is 41.3 Å². The maximum absolute atomic E-state index is 13.7. The molecule has 224 valence electrons. The summed E-state index contributed by atoms with van der Waals surface area (Å²) < 4.78 is 65.1. The van der Waals surface area contributed by atoms with Gasteiger partial charge in [0.1, 0.15) is 17.1 Å². The Morgan fingerprint density at radius 2 is 1.88 bits per heavy atom. The second-order valence-electron chi connectivity index (χ2n) is 11.2. The molecule has 1 aliphatic carbocycles. The molecule has 42 heavy (non-hydrogen) atoms. The molecular formula is C29H30F4N4O4S. The first kappa shape index (κ1) is 28.7. The van der Waals surface area contributed by atoms with Gasteiger partial charge in [-0.05, 0) is 49.6 Å². The number of carbonyl (C=O) groups is 2. The van der Waals surface area contributed by atoms with Crippen LogP contribution in [-0.2, 0) is 15.7 Å². The number of benzene rings is 2. The summed E-state index contributed by atoms with van der Waals surface area (Å²) in [5.74, 6) is -1.78. The molecule has 2 aliphatic heterocycles. The SMILES string of the molecule is COc1ccc2nc(N3CC4COCC(C4)C3)sc2c1C(=O)N[C@@H]1CCC[C@@H]1C(=O)Nc1ccc(F)c(C(F)(F)F)c1. The Morgan fingerprint density at radius 1 is 1.12 bits per heavy atom. The van der Waals surface area contributed by atoms with Gasteiger partial charge in [-0.1, -0.05) is 17.8 Å². The third kappa shape index (κ3) is 5.63. The molecule has 2 N–H and O–H groups in total. The van der Waals surface area contributed by atoms with Crippen LogP contribution in [0.5, 0.6) is 5.75 Å². The fourth-order valence-corrected chi connectivity index (χ4v) is 7.46. The number of carbonyl (C=O) groups excluding carboxylic acids is 2. The van der Waals surface area contributed by atoms with Gasteiger partial charge in [0.25, 0.3) is 5.91 Å². The minimum atomic E-state index is -4.90. The van der Waals surface area contributed by atoms with E-state index in [0.29, 0.717) is 64.8 Å². The van der Waals surface area contributed by atoms with Crippen LogP contribution in [0.4, 0.5) is 28.4 Å². The van der Waals surface area contributed by atoms with E-state index in [2.05, 4.69) is 15.5 Å². The number of halogens is 4. The number of anilines is 2. The summed E-state index contributed by atoms with van der Waals surface area (Å²) in [5.41, 5.74) is -0.617. The van der Waals surface area contributed by atoms with E-state index in [9.17, 15) is 27.2 Å². The van der Waals surface area contributed by atoms with Crippen LogP contribution < -0.4 is 20.3 Å². The number of nitrogens with zero attached hydrogens (tertiary/aromatic N) is 2. The first-order valence-electron chi connectivity index (χ1n) is 13.9. The Hall–Kier alpha value is -3.45. The average molecular weight is 607 g/mol. The molecule has 2 amide bonds. The van der Waals surface area contributed by atoms with Gasteiger partial charge in [0.2, 0.25) is 5.91 Å². The van der Waals surface area contributed by atoms with Gasteiger partial charge in [0, 0.05) is 36.7 Å². The van der Waals surface area contributed by atoms with Crippen molar-refractivity contribution in [2.24, 2.45) is 17.8 Å². The number of methoxy groups -OCH3 is 1. The van der Waals surface area contributed by atoms with Crippen molar-refractivity contribution in [3.8, 4) is 5.75 Å². The second kappa shape index (κ2) is 11.3. The predicted molar refractivity (Wildman–Crippen MR) is 149 cm³/mol. The highest BCUT2D eigenvalue weighted by atomic mass is 32.1. The largest absolute Gasteiger partial charge is 0.496 e. The van der Waals surface area contributed by atoms with Gasteiger partial charge in [-0.25, -0.2) is 9.37 Å². The molecule has 13 heteroatoms. The summed E-state index contributed by atoms with van der Waals surface area (Å²) in [5, 5.41) is 6.28. The average Bonchev–Trinajstić information content (AvgIpc) is 3.60. The van der Waals surface area contributed by atoms with Gasteiger partial charge in [0.05, 0.1) is 42.0 Å². The molecule has 3 aromatic rings. The van der Waals surface area contributed by atoms with Crippen LogP contribution >= 0.6 is 11.3 Å². The van der Waals surface area contributed by atoms with Crippen LogP contribution in [0.25, 0.3) is 10.2 Å². The van der Waals surface area contributed by atoms with Crippen molar-refractivity contribution < 1.29 is 36.6 Å². The Kier molecular flexibility index (Phi) is 7.73. The van der Waals surface area contributed by atoms with Crippen molar-refractivity contribution in [3.63, 3.8) is 0 Å². The summed E-state index contributed by atoms with van der Waals surface area (Å²) in [6, 6.07) is 5.31. The van der Waals surface area contributed by atoms with Crippen LogP contribution in [0.15, 0.2) is 30.3 Å². The number of hydrogen-bond acceptors (Lipinski definition) is 7. The van der Waals surface area contributed by atoms with Crippen molar-refractivity contribution in [3.05, 3.63) is 47.3 Å². The standard InChI is InChI=1S/C29H30F4N4O4S/c1-40-23-8-7-22-25(42-28(36-22)37-11-15-9-16(12-37)14-41-13-15)24(23)27(39)35-21-4-2-3-18(21)26(38)34-17-5-6-20(30)19(10-17)29(31,32)33/h5-8,10,15-16,18,21H,2-4,9,11-14H2,1H3,(H,34,38)(H,35,39)/t15?,16?,18-,21+/m0/s1. The fourth-order valence-electron chi connectivity index (χ4n) is 6.34. The molecule has 0 spiro atoms. The van der Waals surface area contributed by atoms with Gasteiger partial charge >= 0.3 is 6.18 Å². The van der Waals surface area contributed by atoms with Gasteiger partial charge in [-0.3, -0.25) is 9.59 Å². The number of fused-ring (bicyclic) bond motifs is 3. The molecule has 3 fully saturated rings. The highest BCUT2D eigenvalue weighted by Gasteiger charge is 2.38. The van der Waals surface area contributed by atoms with Crippen LogP contribution in [0, 0.1) is 23.6 Å². The molecule has 4 atom stereocenters. The molecule has 1 saturated carbocycles. The van der Waals surface area contributed by atoms with Gasteiger partial charge in [0.15, 0.2) is 5.13 Å². The molecule has 2 unspecified atom stereocenters. The predicted octanol–water partition coefficient (Wildman–Crippen LogP) is 5.47. The van der Waals surface area contributed by atoms with Crippen molar-refractivity contribution in [2.75, 3.05) is 43.6 Å². The van der Waals surface area contributed by atoms with E-state index in [0.717, 1.165) is 43.9 Å². The van der Waals surface area contributed by atoms with Gasteiger partial charge in [-0.2, -0.15) is 13.2 Å². The normalized spacial score (nSPS) is 24.1. The van der Waals surface area contributed by atoms with Crippen LogP contribution in [0.3, 0.4) is 0 Å². The summed E-state index contributed by atoms with van der Waals surface area (Å²) in [6.07, 6.45) is -2.15. The monoisotopic (exact) mass is 606 g/mol. The number of thiazole rings is 1. The Balaban J connectivity index is 1.21. The smallest absolute Gasteiger partial charge is 0.419 e.